The molecule has 3 aromatic rings. The Morgan fingerprint density at radius 2 is 1.52 bits per heavy atom. The topological polar surface area (TPSA) is 163 Å². The monoisotopic (exact) mass is 839 g/mol. The predicted molar refractivity (Wildman–Crippen MR) is 221 cm³/mol. The van der Waals surface area contributed by atoms with Crippen LogP contribution in [0.15, 0.2) is 91.0 Å². The zero-order valence-electron chi connectivity index (χ0n) is 33.4. The van der Waals surface area contributed by atoms with Crippen molar-refractivity contribution < 1.29 is 42.4 Å². The second-order valence-electron chi connectivity index (χ2n) is 16.5. The van der Waals surface area contributed by atoms with Crippen LogP contribution in [0.2, 0.25) is 0 Å². The number of amides is 5. The maximum atomic E-state index is 15.0. The summed E-state index contributed by atoms with van der Waals surface area (Å²) in [4.78, 5) is 73.4. The van der Waals surface area contributed by atoms with Crippen LogP contribution in [0.25, 0.3) is 0 Å². The number of hydrogen-bond donors (Lipinski definition) is 3. The summed E-state index contributed by atoms with van der Waals surface area (Å²) in [7, 11) is -3.76. The van der Waals surface area contributed by atoms with E-state index in [0.717, 1.165) is 38.5 Å². The molecule has 8 rings (SSSR count). The fraction of sp³-hybridized carbons (Fsp3) is 0.444. The molecular formula is C45H51FN5O8P. The van der Waals surface area contributed by atoms with Crippen molar-refractivity contribution in [2.45, 2.75) is 114 Å². The Bertz CT molecular complexity index is 2140. The Hall–Kier alpha value is -5.49. The van der Waals surface area contributed by atoms with Gasteiger partial charge in [0, 0.05) is 35.1 Å². The highest BCUT2D eigenvalue weighted by molar-refractivity contribution is 7.77. The normalized spacial score (nSPS) is 26.4. The van der Waals surface area contributed by atoms with Crippen LogP contribution in [0.4, 0.5) is 14.0 Å². The molecule has 0 radical (unpaired) electrons. The van der Waals surface area contributed by atoms with Crippen LogP contribution in [-0.4, -0.2) is 76.1 Å². The third-order valence-electron chi connectivity index (χ3n) is 12.5. The first-order valence-electron chi connectivity index (χ1n) is 21.1. The van der Waals surface area contributed by atoms with Gasteiger partial charge in [0.05, 0.1) is 13.1 Å². The van der Waals surface area contributed by atoms with E-state index in [1.54, 1.807) is 72.8 Å². The van der Waals surface area contributed by atoms with Crippen LogP contribution in [0.5, 0.6) is 0 Å². The van der Waals surface area contributed by atoms with E-state index in [9.17, 15) is 32.9 Å². The Labute approximate surface area is 348 Å². The van der Waals surface area contributed by atoms with E-state index in [4.69, 9.17) is 9.47 Å². The first-order valence-corrected chi connectivity index (χ1v) is 22.8. The molecule has 0 bridgehead atoms. The lowest BCUT2D eigenvalue weighted by atomic mass is 10.0. The van der Waals surface area contributed by atoms with Crippen molar-refractivity contribution in [3.8, 4) is 0 Å². The first-order chi connectivity index (χ1) is 29.0. The minimum absolute atomic E-state index is 0.0115. The van der Waals surface area contributed by atoms with Gasteiger partial charge in [0.15, 0.2) is 0 Å². The lowest BCUT2D eigenvalue weighted by Gasteiger charge is -2.30. The number of nitrogens with zero attached hydrogens (tertiary/aromatic N) is 2. The number of alkyl carbamates (subject to hydrolysis) is 1. The molecule has 2 aliphatic carbocycles. The molecule has 316 valence electrons. The van der Waals surface area contributed by atoms with Gasteiger partial charge in [0.1, 0.15) is 35.6 Å². The molecule has 1 saturated heterocycles. The van der Waals surface area contributed by atoms with E-state index in [2.05, 4.69) is 15.7 Å². The fourth-order valence-corrected chi connectivity index (χ4v) is 11.2. The van der Waals surface area contributed by atoms with Gasteiger partial charge in [0.25, 0.3) is 5.91 Å². The number of fused-ring (bicyclic) bond motifs is 3. The van der Waals surface area contributed by atoms with Crippen LogP contribution < -0.4 is 26.3 Å². The summed E-state index contributed by atoms with van der Waals surface area (Å²) in [6.45, 7) is -0.00630. The van der Waals surface area contributed by atoms with Gasteiger partial charge in [0.2, 0.25) is 19.1 Å². The van der Waals surface area contributed by atoms with Gasteiger partial charge < -0.3 is 25.0 Å². The second kappa shape index (κ2) is 17.6. The predicted octanol–water partition coefficient (Wildman–Crippen LogP) is 5.73. The van der Waals surface area contributed by atoms with E-state index < -0.39 is 72.7 Å². The minimum Gasteiger partial charge on any atom is -0.446 e. The Kier molecular flexibility index (Phi) is 12.1. The largest absolute Gasteiger partial charge is 0.446 e. The zero-order chi connectivity index (χ0) is 41.9. The first kappa shape index (κ1) is 41.3. The molecule has 15 heteroatoms. The number of ether oxygens (including phenoxy) is 2. The summed E-state index contributed by atoms with van der Waals surface area (Å²) < 4.78 is 41.2. The number of hydrogen-bond acceptors (Lipinski definition) is 8. The molecule has 2 saturated carbocycles. The van der Waals surface area contributed by atoms with Crippen LogP contribution in [-0.2, 0) is 41.5 Å². The summed E-state index contributed by atoms with van der Waals surface area (Å²) in [5.41, 5.74) is -0.424. The standard InChI is InChI=1S/C45H51FN5O8P/c46-37-23-14-15-30-27-50(29-36(30)37)44(56)59-33-25-39-40(52)48-45(42(54)49-60(57,34-19-7-4-8-20-34)35-21-9-5-10-22-35)26-31(45)16-6-2-1-3-11-24-38(41(53)51(39)28-33)47-43(55)58-32-17-12-13-18-32/h4-10,14-16,19-23,31-33,38-39H,1-3,11-13,17-18,24-29H2,(H,47,55)(H,48,52)(H,49,54,57)/b16-6-/t31?,33-,38+,39+,45-/m1/s1. The maximum Gasteiger partial charge on any atom is 0.410 e. The lowest BCUT2D eigenvalue weighted by molar-refractivity contribution is -0.141. The van der Waals surface area contributed by atoms with Crippen LogP contribution >= 0.6 is 7.29 Å². The Morgan fingerprint density at radius 3 is 2.22 bits per heavy atom. The van der Waals surface area contributed by atoms with E-state index in [-0.39, 0.29) is 38.6 Å². The van der Waals surface area contributed by atoms with Crippen molar-refractivity contribution >= 4 is 47.8 Å². The second-order valence-corrected chi connectivity index (χ2v) is 19.0. The third kappa shape index (κ3) is 8.71. The average molecular weight is 840 g/mol. The number of carbonyl (C=O) groups is 5. The zero-order valence-corrected chi connectivity index (χ0v) is 34.3. The maximum absolute atomic E-state index is 15.0. The highest BCUT2D eigenvalue weighted by atomic mass is 31.2. The van der Waals surface area contributed by atoms with Crippen molar-refractivity contribution in [3.63, 3.8) is 0 Å². The summed E-state index contributed by atoms with van der Waals surface area (Å²) in [6.07, 6.45) is 7.96. The van der Waals surface area contributed by atoms with Crippen molar-refractivity contribution in [3.05, 3.63) is 108 Å². The molecular weight excluding hydrogens is 788 g/mol. The molecule has 3 aromatic carbocycles. The van der Waals surface area contributed by atoms with E-state index in [1.807, 2.05) is 12.2 Å². The minimum atomic E-state index is -3.76. The van der Waals surface area contributed by atoms with E-state index in [0.29, 0.717) is 41.0 Å². The molecule has 0 aromatic heterocycles. The van der Waals surface area contributed by atoms with Gasteiger partial charge in [-0.15, -0.1) is 0 Å². The molecule has 3 aliphatic heterocycles. The molecule has 3 N–H and O–H groups in total. The van der Waals surface area contributed by atoms with Gasteiger partial charge in [-0.25, -0.2) is 14.0 Å². The number of benzene rings is 3. The van der Waals surface area contributed by atoms with E-state index in [1.165, 1.54) is 15.9 Å². The molecule has 60 heavy (non-hydrogen) atoms. The van der Waals surface area contributed by atoms with E-state index >= 15 is 0 Å². The quantitative estimate of drug-likeness (QED) is 0.201. The molecule has 3 heterocycles. The number of allylic oxidation sites excluding steroid dienone is 1. The smallest absolute Gasteiger partial charge is 0.410 e. The SMILES string of the molecule is O=C(N[C@H]1CCCCC/C=C\C2C[C@@]2(C(=O)NP(=O)(c2ccccc2)c2ccccc2)NC(=O)[C@@H]2C[C@@H](OC(=O)N3Cc4cccc(F)c4C3)CN2C1=O)OC1CCCC1. The molecule has 1 unspecified atom stereocenters. The molecule has 5 atom stereocenters. The molecule has 5 aliphatic rings. The van der Waals surface area contributed by atoms with Gasteiger partial charge >= 0.3 is 12.2 Å². The molecule has 13 nitrogen and oxygen atoms in total. The van der Waals surface area contributed by atoms with Crippen LogP contribution in [0.1, 0.15) is 81.8 Å². The van der Waals surface area contributed by atoms with Gasteiger partial charge in [-0.1, -0.05) is 73.5 Å². The number of rotatable bonds is 7. The van der Waals surface area contributed by atoms with Crippen molar-refractivity contribution in [2.24, 2.45) is 5.92 Å². The molecule has 3 fully saturated rings. The van der Waals surface area contributed by atoms with Gasteiger partial charge in [-0.05, 0) is 87.3 Å². The van der Waals surface area contributed by atoms with Crippen molar-refractivity contribution in [2.75, 3.05) is 6.54 Å². The van der Waals surface area contributed by atoms with Crippen LogP contribution in [0, 0.1) is 11.7 Å². The number of carbonyl (C=O) groups excluding carboxylic acids is 5. The summed E-state index contributed by atoms with van der Waals surface area (Å²) in [5, 5.41) is 9.48. The Balaban J connectivity index is 1.07. The van der Waals surface area contributed by atoms with Crippen LogP contribution in [0.3, 0.4) is 0 Å². The molecule has 5 amide bonds. The fourth-order valence-electron chi connectivity index (χ4n) is 9.02. The summed E-state index contributed by atoms with van der Waals surface area (Å²) in [6, 6.07) is 19.8. The summed E-state index contributed by atoms with van der Waals surface area (Å²) in [5.74, 6) is -2.66. The third-order valence-corrected chi connectivity index (χ3v) is 15.0. The number of halogens is 1. The van der Waals surface area contributed by atoms with Crippen molar-refractivity contribution in [1.82, 2.24) is 25.5 Å². The van der Waals surface area contributed by atoms with Gasteiger partial charge in [-0.2, -0.15) is 0 Å². The average Bonchev–Trinajstić information content (AvgIpc) is 3.67. The van der Waals surface area contributed by atoms with Gasteiger partial charge in [-0.3, -0.25) is 28.9 Å². The Morgan fingerprint density at radius 1 is 0.817 bits per heavy atom. The molecule has 0 spiro atoms. The highest BCUT2D eigenvalue weighted by Crippen LogP contribution is 2.49. The number of nitrogens with one attached hydrogen (secondary N) is 3. The lowest BCUT2D eigenvalue weighted by Crippen LogP contribution is -2.58. The highest BCUT2D eigenvalue weighted by Gasteiger charge is 2.62. The summed E-state index contributed by atoms with van der Waals surface area (Å²) >= 11 is 0. The van der Waals surface area contributed by atoms with Crippen molar-refractivity contribution in [1.29, 1.82) is 0 Å².